The van der Waals surface area contributed by atoms with E-state index in [-0.39, 0.29) is 0 Å². The Balaban J connectivity index is 3.07. The molecule has 0 aliphatic rings. The third-order valence-electron chi connectivity index (χ3n) is 1.48. The lowest BCUT2D eigenvalue weighted by atomic mass is 10.1. The molecule has 1 rings (SSSR count). The second-order valence-electron chi connectivity index (χ2n) is 2.41. The standard InChI is InChI=1S/C8H10FN/c1-6-3-4-8(10-9)7(2)5-6/h3-5,10H,1-2H3. The molecule has 1 aromatic carbocycles. The molecule has 0 aliphatic carbocycles. The van der Waals surface area contributed by atoms with Gasteiger partial charge in [0.1, 0.15) is 0 Å². The summed E-state index contributed by atoms with van der Waals surface area (Å²) in [7, 11) is 0. The number of hydrogen-bond donors (Lipinski definition) is 1. The van der Waals surface area contributed by atoms with Gasteiger partial charge < -0.3 is 0 Å². The molecule has 0 radical (unpaired) electrons. The van der Waals surface area contributed by atoms with Crippen molar-refractivity contribution in [1.29, 1.82) is 0 Å². The van der Waals surface area contributed by atoms with E-state index in [1.807, 2.05) is 26.0 Å². The molecule has 1 aromatic rings. The molecule has 0 spiro atoms. The quantitative estimate of drug-likeness (QED) is 0.590. The molecule has 0 saturated heterocycles. The van der Waals surface area contributed by atoms with Gasteiger partial charge in [0.25, 0.3) is 0 Å². The van der Waals surface area contributed by atoms with Gasteiger partial charge in [-0.1, -0.05) is 17.7 Å². The lowest BCUT2D eigenvalue weighted by Gasteiger charge is -2.01. The maximum atomic E-state index is 11.9. The molecular weight excluding hydrogens is 129 g/mol. The van der Waals surface area contributed by atoms with Gasteiger partial charge in [-0.15, -0.1) is 4.48 Å². The predicted molar refractivity (Wildman–Crippen MR) is 40.6 cm³/mol. The number of nitrogens with one attached hydrogen (secondary N) is 1. The smallest absolute Gasteiger partial charge is 0.0685 e. The van der Waals surface area contributed by atoms with Crippen LogP contribution in [0, 0.1) is 13.8 Å². The first kappa shape index (κ1) is 7.06. The molecule has 2 heteroatoms. The van der Waals surface area contributed by atoms with Crippen molar-refractivity contribution in [1.82, 2.24) is 0 Å². The average molecular weight is 139 g/mol. The van der Waals surface area contributed by atoms with Crippen LogP contribution < -0.4 is 5.54 Å². The third kappa shape index (κ3) is 1.26. The number of hydrogen-bond acceptors (Lipinski definition) is 1. The summed E-state index contributed by atoms with van der Waals surface area (Å²) in [4.78, 5) is 0. The van der Waals surface area contributed by atoms with Crippen molar-refractivity contribution in [3.63, 3.8) is 0 Å². The summed E-state index contributed by atoms with van der Waals surface area (Å²) < 4.78 is 11.9. The van der Waals surface area contributed by atoms with E-state index >= 15 is 0 Å². The van der Waals surface area contributed by atoms with Crippen LogP contribution in [-0.4, -0.2) is 0 Å². The largest absolute Gasteiger partial charge is 0.224 e. The Morgan fingerprint density at radius 3 is 2.50 bits per heavy atom. The Labute approximate surface area is 59.8 Å². The number of aryl methyl sites for hydroxylation is 2. The first-order valence-electron chi connectivity index (χ1n) is 3.18. The minimum Gasteiger partial charge on any atom is -0.224 e. The van der Waals surface area contributed by atoms with Crippen molar-refractivity contribution in [3.8, 4) is 0 Å². The molecule has 0 aromatic heterocycles. The van der Waals surface area contributed by atoms with Crippen LogP contribution >= 0.6 is 0 Å². The molecule has 1 nitrogen and oxygen atoms in total. The Morgan fingerprint density at radius 1 is 1.30 bits per heavy atom. The zero-order chi connectivity index (χ0) is 7.56. The minimum atomic E-state index is 0.547. The van der Waals surface area contributed by atoms with Crippen LogP contribution in [0.3, 0.4) is 0 Å². The highest BCUT2D eigenvalue weighted by molar-refractivity contribution is 5.49. The highest BCUT2D eigenvalue weighted by Gasteiger charge is 1.94. The maximum absolute atomic E-state index is 11.9. The molecular formula is C8H10FN. The van der Waals surface area contributed by atoms with Gasteiger partial charge >= 0.3 is 0 Å². The molecule has 0 heterocycles. The second kappa shape index (κ2) is 2.69. The van der Waals surface area contributed by atoms with Gasteiger partial charge in [0.15, 0.2) is 0 Å². The van der Waals surface area contributed by atoms with E-state index in [0.29, 0.717) is 5.69 Å². The number of benzene rings is 1. The predicted octanol–water partition coefficient (Wildman–Crippen LogP) is 2.60. The summed E-state index contributed by atoms with van der Waals surface area (Å²) in [6, 6.07) is 5.53. The fraction of sp³-hybridized carbons (Fsp3) is 0.250. The van der Waals surface area contributed by atoms with Crippen molar-refractivity contribution < 1.29 is 4.48 Å². The second-order valence-corrected chi connectivity index (χ2v) is 2.41. The van der Waals surface area contributed by atoms with Crippen LogP contribution in [0.5, 0.6) is 0 Å². The summed E-state index contributed by atoms with van der Waals surface area (Å²) in [5.41, 5.74) is 4.25. The zero-order valence-corrected chi connectivity index (χ0v) is 6.11. The van der Waals surface area contributed by atoms with Crippen LogP contribution in [0.1, 0.15) is 11.1 Å². The van der Waals surface area contributed by atoms with Crippen LogP contribution in [-0.2, 0) is 0 Å². The van der Waals surface area contributed by atoms with E-state index in [4.69, 9.17) is 0 Å². The van der Waals surface area contributed by atoms with Gasteiger partial charge in [-0.2, -0.15) is 0 Å². The summed E-state index contributed by atoms with van der Waals surface area (Å²) >= 11 is 0. The number of anilines is 1. The minimum absolute atomic E-state index is 0.547. The van der Waals surface area contributed by atoms with Gasteiger partial charge in [0, 0.05) is 0 Å². The van der Waals surface area contributed by atoms with E-state index in [1.165, 1.54) is 0 Å². The van der Waals surface area contributed by atoms with Crippen LogP contribution in [0.15, 0.2) is 18.2 Å². The molecule has 0 amide bonds. The number of halogens is 1. The average Bonchev–Trinajstić information content (AvgIpc) is 1.88. The fourth-order valence-corrected chi connectivity index (χ4v) is 0.920. The SMILES string of the molecule is Cc1ccc(NF)c(C)c1. The third-order valence-corrected chi connectivity index (χ3v) is 1.48. The zero-order valence-electron chi connectivity index (χ0n) is 6.11. The fourth-order valence-electron chi connectivity index (χ4n) is 0.920. The van der Waals surface area contributed by atoms with E-state index < -0.39 is 0 Å². The molecule has 0 bridgehead atoms. The Kier molecular flexibility index (Phi) is 1.90. The molecule has 10 heavy (non-hydrogen) atoms. The van der Waals surface area contributed by atoms with Crippen molar-refractivity contribution in [3.05, 3.63) is 29.3 Å². The van der Waals surface area contributed by atoms with E-state index in [0.717, 1.165) is 11.1 Å². The van der Waals surface area contributed by atoms with Crippen LogP contribution in [0.25, 0.3) is 0 Å². The molecule has 0 unspecified atom stereocenters. The Morgan fingerprint density at radius 2 is 2.00 bits per heavy atom. The summed E-state index contributed by atoms with van der Waals surface area (Å²) in [5, 5.41) is 0. The number of rotatable bonds is 1. The van der Waals surface area contributed by atoms with Crippen molar-refractivity contribution in [2.45, 2.75) is 13.8 Å². The summed E-state index contributed by atoms with van der Waals surface area (Å²) in [5.74, 6) is 0. The van der Waals surface area contributed by atoms with Gasteiger partial charge in [0.05, 0.1) is 5.69 Å². The van der Waals surface area contributed by atoms with E-state index in [9.17, 15) is 4.48 Å². The normalized spacial score (nSPS) is 9.50. The monoisotopic (exact) mass is 139 g/mol. The highest BCUT2D eigenvalue weighted by atomic mass is 19.2. The van der Waals surface area contributed by atoms with E-state index in [1.54, 1.807) is 11.6 Å². The van der Waals surface area contributed by atoms with Crippen molar-refractivity contribution in [2.75, 3.05) is 5.54 Å². The first-order chi connectivity index (χ1) is 4.74. The van der Waals surface area contributed by atoms with Crippen LogP contribution in [0.2, 0.25) is 0 Å². The topological polar surface area (TPSA) is 12.0 Å². The molecule has 0 aliphatic heterocycles. The van der Waals surface area contributed by atoms with Crippen molar-refractivity contribution >= 4 is 5.69 Å². The Hall–Kier alpha value is -1.05. The van der Waals surface area contributed by atoms with Crippen molar-refractivity contribution in [2.24, 2.45) is 0 Å². The van der Waals surface area contributed by atoms with E-state index in [2.05, 4.69) is 0 Å². The Bertz CT molecular complexity index is 233. The summed E-state index contributed by atoms with van der Waals surface area (Å²) in [6.45, 7) is 3.85. The molecule has 0 fully saturated rings. The first-order valence-corrected chi connectivity index (χ1v) is 3.18. The molecule has 0 atom stereocenters. The highest BCUT2D eigenvalue weighted by Crippen LogP contribution is 2.15. The summed E-state index contributed by atoms with van der Waals surface area (Å²) in [6.07, 6.45) is 0. The lowest BCUT2D eigenvalue weighted by Crippen LogP contribution is -1.86. The van der Waals surface area contributed by atoms with Gasteiger partial charge in [-0.25, -0.2) is 5.54 Å². The molecule has 0 saturated carbocycles. The molecule has 1 N–H and O–H groups in total. The van der Waals surface area contributed by atoms with Gasteiger partial charge in [-0.05, 0) is 25.5 Å². The molecule has 54 valence electrons. The maximum Gasteiger partial charge on any atom is 0.0685 e. The lowest BCUT2D eigenvalue weighted by molar-refractivity contribution is 0.616. The van der Waals surface area contributed by atoms with Gasteiger partial charge in [-0.3, -0.25) is 0 Å². The van der Waals surface area contributed by atoms with Crippen LogP contribution in [0.4, 0.5) is 10.2 Å². The van der Waals surface area contributed by atoms with Gasteiger partial charge in [0.2, 0.25) is 0 Å².